The zero-order chi connectivity index (χ0) is 16.0. The quantitative estimate of drug-likeness (QED) is 0.811. The maximum absolute atomic E-state index is 12.9. The Morgan fingerprint density at radius 3 is 2.59 bits per heavy atom. The number of nitrogens with zero attached hydrogens (tertiary/aromatic N) is 3. The van der Waals surface area contributed by atoms with Crippen LogP contribution in [0.3, 0.4) is 0 Å². The molecule has 3 heterocycles. The van der Waals surface area contributed by atoms with Gasteiger partial charge in [0, 0.05) is 20.1 Å². The Labute approximate surface area is 133 Å². The van der Waals surface area contributed by atoms with Crippen molar-refractivity contribution in [1.82, 2.24) is 14.5 Å². The van der Waals surface area contributed by atoms with Gasteiger partial charge in [0.25, 0.3) is 11.5 Å². The molecule has 1 saturated heterocycles. The summed E-state index contributed by atoms with van der Waals surface area (Å²) in [7, 11) is 1.68. The van der Waals surface area contributed by atoms with E-state index in [1.54, 1.807) is 7.05 Å². The van der Waals surface area contributed by atoms with Crippen molar-refractivity contribution in [3.8, 4) is 0 Å². The number of thiophene rings is 1. The lowest BCUT2D eigenvalue weighted by molar-refractivity contribution is 0.0627. The van der Waals surface area contributed by atoms with Gasteiger partial charge in [0.1, 0.15) is 4.83 Å². The van der Waals surface area contributed by atoms with Crippen LogP contribution in [-0.4, -0.2) is 33.4 Å². The summed E-state index contributed by atoms with van der Waals surface area (Å²) in [5.41, 5.74) is 0.683. The summed E-state index contributed by atoms with van der Waals surface area (Å²) in [6, 6.07) is 0. The minimum Gasteiger partial charge on any atom is -0.337 e. The third-order valence-corrected chi connectivity index (χ3v) is 5.55. The molecule has 0 saturated carbocycles. The summed E-state index contributed by atoms with van der Waals surface area (Å²) in [5.74, 6) is 1.09. The Bertz CT molecular complexity index is 783. The van der Waals surface area contributed by atoms with E-state index in [0.717, 1.165) is 25.1 Å². The molecule has 0 aromatic carbocycles. The van der Waals surface area contributed by atoms with Crippen LogP contribution < -0.4 is 5.56 Å². The monoisotopic (exact) mass is 319 g/mol. The van der Waals surface area contributed by atoms with E-state index in [0.29, 0.717) is 26.9 Å². The van der Waals surface area contributed by atoms with Crippen molar-refractivity contribution < 1.29 is 4.79 Å². The highest BCUT2D eigenvalue weighted by Crippen LogP contribution is 2.30. The van der Waals surface area contributed by atoms with Crippen molar-refractivity contribution in [3.05, 3.63) is 27.1 Å². The molecular weight excluding hydrogens is 298 g/mol. The standard InChI is InChI=1S/C16H21N3O2S/c1-9-5-10(2)7-19(6-9)16(21)13-11(3)12-14(22-13)17-8-18(4)15(12)20/h8-10H,5-7H2,1-4H3. The fourth-order valence-corrected chi connectivity index (χ4v) is 4.49. The molecule has 0 radical (unpaired) electrons. The lowest BCUT2D eigenvalue weighted by atomic mass is 9.92. The molecule has 22 heavy (non-hydrogen) atoms. The topological polar surface area (TPSA) is 55.2 Å². The maximum Gasteiger partial charge on any atom is 0.264 e. The molecule has 3 rings (SSSR count). The number of amides is 1. The molecule has 5 nitrogen and oxygen atoms in total. The van der Waals surface area contributed by atoms with E-state index < -0.39 is 0 Å². The number of rotatable bonds is 1. The summed E-state index contributed by atoms with van der Waals surface area (Å²) in [4.78, 5) is 32.7. The van der Waals surface area contributed by atoms with Gasteiger partial charge in [0.05, 0.1) is 16.6 Å². The fraction of sp³-hybridized carbons (Fsp3) is 0.562. The molecular formula is C16H21N3O2S. The largest absolute Gasteiger partial charge is 0.337 e. The van der Waals surface area contributed by atoms with Crippen LogP contribution in [0.5, 0.6) is 0 Å². The van der Waals surface area contributed by atoms with Crippen LogP contribution >= 0.6 is 11.3 Å². The number of hydrogen-bond acceptors (Lipinski definition) is 4. The normalized spacial score (nSPS) is 22.3. The number of piperidine rings is 1. The van der Waals surface area contributed by atoms with E-state index >= 15 is 0 Å². The van der Waals surface area contributed by atoms with Gasteiger partial charge in [-0.2, -0.15) is 0 Å². The molecule has 0 aliphatic carbocycles. The predicted octanol–water partition coefficient (Wildman–Crippen LogP) is 2.42. The summed E-state index contributed by atoms with van der Waals surface area (Å²) in [6.07, 6.45) is 2.68. The van der Waals surface area contributed by atoms with Gasteiger partial charge < -0.3 is 9.47 Å². The van der Waals surface area contributed by atoms with Crippen LogP contribution in [-0.2, 0) is 7.05 Å². The lowest BCUT2D eigenvalue weighted by Crippen LogP contribution is -2.42. The number of hydrogen-bond donors (Lipinski definition) is 0. The molecule has 1 fully saturated rings. The second-order valence-electron chi connectivity index (χ2n) is 6.55. The highest BCUT2D eigenvalue weighted by molar-refractivity contribution is 7.20. The fourth-order valence-electron chi connectivity index (χ4n) is 3.39. The Morgan fingerprint density at radius 2 is 1.95 bits per heavy atom. The van der Waals surface area contributed by atoms with Crippen LogP contribution in [0, 0.1) is 18.8 Å². The van der Waals surface area contributed by atoms with Gasteiger partial charge in [-0.05, 0) is 30.7 Å². The summed E-state index contributed by atoms with van der Waals surface area (Å²) in [6.45, 7) is 7.81. The molecule has 0 spiro atoms. The minimum absolute atomic E-state index is 0.0425. The first-order chi connectivity index (χ1) is 10.4. The summed E-state index contributed by atoms with van der Waals surface area (Å²) in [5, 5.41) is 0.580. The molecule has 1 aliphatic heterocycles. The number of likely N-dealkylation sites (tertiary alicyclic amines) is 1. The second-order valence-corrected chi connectivity index (χ2v) is 7.55. The molecule has 1 amide bonds. The van der Waals surface area contributed by atoms with Gasteiger partial charge in [-0.1, -0.05) is 13.8 Å². The van der Waals surface area contributed by atoms with Gasteiger partial charge in [-0.3, -0.25) is 9.59 Å². The Hall–Kier alpha value is -1.69. The van der Waals surface area contributed by atoms with Gasteiger partial charge in [-0.15, -0.1) is 11.3 Å². The average Bonchev–Trinajstić information content (AvgIpc) is 2.79. The van der Waals surface area contributed by atoms with Crippen molar-refractivity contribution in [2.45, 2.75) is 27.2 Å². The Balaban J connectivity index is 2.03. The van der Waals surface area contributed by atoms with E-state index in [1.165, 1.54) is 22.2 Å². The van der Waals surface area contributed by atoms with Crippen molar-refractivity contribution in [1.29, 1.82) is 0 Å². The second kappa shape index (κ2) is 5.50. The predicted molar refractivity (Wildman–Crippen MR) is 88.4 cm³/mol. The molecule has 0 bridgehead atoms. The summed E-state index contributed by atoms with van der Waals surface area (Å²) >= 11 is 1.34. The van der Waals surface area contributed by atoms with Crippen molar-refractivity contribution in [3.63, 3.8) is 0 Å². The zero-order valence-electron chi connectivity index (χ0n) is 13.4. The minimum atomic E-state index is -0.0850. The van der Waals surface area contributed by atoms with Gasteiger partial charge in [-0.25, -0.2) is 4.98 Å². The zero-order valence-corrected chi connectivity index (χ0v) is 14.2. The Morgan fingerprint density at radius 1 is 1.32 bits per heavy atom. The van der Waals surface area contributed by atoms with Crippen LogP contribution in [0.2, 0.25) is 0 Å². The molecule has 2 aromatic heterocycles. The number of carbonyl (C=O) groups excluding carboxylic acids is 1. The molecule has 2 aromatic rings. The summed E-state index contributed by atoms with van der Waals surface area (Å²) < 4.78 is 1.46. The van der Waals surface area contributed by atoms with Gasteiger partial charge in [0.15, 0.2) is 0 Å². The first kappa shape index (κ1) is 15.2. The molecule has 118 valence electrons. The Kier molecular flexibility index (Phi) is 3.80. The number of fused-ring (bicyclic) bond motifs is 1. The maximum atomic E-state index is 12.9. The first-order valence-electron chi connectivity index (χ1n) is 7.62. The third-order valence-electron chi connectivity index (χ3n) is 4.36. The number of aromatic nitrogens is 2. The van der Waals surface area contributed by atoms with Gasteiger partial charge in [0.2, 0.25) is 0 Å². The SMILES string of the molecule is Cc1c(C(=O)N2CC(C)CC(C)C2)sc2ncn(C)c(=O)c12. The van der Waals surface area contributed by atoms with Crippen LogP contribution in [0.1, 0.15) is 35.5 Å². The molecule has 1 aliphatic rings. The average molecular weight is 319 g/mol. The van der Waals surface area contributed by atoms with E-state index in [2.05, 4.69) is 18.8 Å². The van der Waals surface area contributed by atoms with Crippen LogP contribution in [0.15, 0.2) is 11.1 Å². The van der Waals surface area contributed by atoms with Crippen LogP contribution in [0.25, 0.3) is 10.2 Å². The number of aryl methyl sites for hydroxylation is 2. The third kappa shape index (κ3) is 2.45. The molecule has 2 atom stereocenters. The van der Waals surface area contributed by atoms with Crippen LogP contribution in [0.4, 0.5) is 0 Å². The highest BCUT2D eigenvalue weighted by Gasteiger charge is 2.29. The lowest BCUT2D eigenvalue weighted by Gasteiger charge is -2.34. The molecule has 0 N–H and O–H groups in total. The number of carbonyl (C=O) groups is 1. The van der Waals surface area contributed by atoms with Gasteiger partial charge >= 0.3 is 0 Å². The van der Waals surface area contributed by atoms with Crippen molar-refractivity contribution in [2.75, 3.05) is 13.1 Å². The smallest absolute Gasteiger partial charge is 0.264 e. The first-order valence-corrected chi connectivity index (χ1v) is 8.44. The van der Waals surface area contributed by atoms with Crippen molar-refractivity contribution >= 4 is 27.5 Å². The van der Waals surface area contributed by atoms with E-state index in [1.807, 2.05) is 11.8 Å². The molecule has 2 unspecified atom stereocenters. The van der Waals surface area contributed by atoms with E-state index in [9.17, 15) is 9.59 Å². The molecule has 6 heteroatoms. The van der Waals surface area contributed by atoms with Crippen molar-refractivity contribution in [2.24, 2.45) is 18.9 Å². The highest BCUT2D eigenvalue weighted by atomic mass is 32.1. The van der Waals surface area contributed by atoms with E-state index in [4.69, 9.17) is 0 Å². The van der Waals surface area contributed by atoms with E-state index in [-0.39, 0.29) is 11.5 Å².